The zero-order valence-corrected chi connectivity index (χ0v) is 9.57. The third kappa shape index (κ3) is 1.98. The number of hydrogen-bond acceptors (Lipinski definition) is 2. The second-order valence-corrected chi connectivity index (χ2v) is 6.26. The van der Waals surface area contributed by atoms with E-state index < -0.39 is 0 Å². The van der Waals surface area contributed by atoms with E-state index in [1.807, 2.05) is 12.1 Å². The fraction of sp³-hybridized carbons (Fsp3) is 0.583. The molecule has 2 rings (SSSR count). The highest BCUT2D eigenvalue weighted by Crippen LogP contribution is 2.36. The molecule has 2 aliphatic rings. The van der Waals surface area contributed by atoms with Crippen LogP contribution in [-0.2, 0) is 0 Å². The molecular weight excluding hydrogens is 204 g/mol. The first-order valence-electron chi connectivity index (χ1n) is 5.44. The molecule has 1 heterocycles. The third-order valence-electron chi connectivity index (χ3n) is 3.07. The Morgan fingerprint density at radius 3 is 2.27 bits per heavy atom. The summed E-state index contributed by atoms with van der Waals surface area (Å²) in [7, 11) is 0.400. The topological polar surface area (TPSA) is 47.6 Å². The van der Waals surface area contributed by atoms with Crippen molar-refractivity contribution in [3.05, 3.63) is 11.1 Å². The monoisotopic (exact) mass is 218 g/mol. The quantitative estimate of drug-likeness (QED) is 0.356. The van der Waals surface area contributed by atoms with Gasteiger partial charge in [0.2, 0.25) is 0 Å². The lowest BCUT2D eigenvalue weighted by molar-refractivity contribution is 0.946. The molecule has 1 aliphatic carbocycles. The van der Waals surface area contributed by atoms with Gasteiger partial charge in [0.1, 0.15) is 17.7 Å². The molecular formula is C12H14N2S. The van der Waals surface area contributed by atoms with Crippen molar-refractivity contribution in [2.45, 2.75) is 32.1 Å². The first-order valence-corrected chi connectivity index (χ1v) is 7.00. The van der Waals surface area contributed by atoms with Gasteiger partial charge < -0.3 is 0 Å². The van der Waals surface area contributed by atoms with Crippen molar-refractivity contribution >= 4 is 15.3 Å². The number of nitriles is 2. The highest BCUT2D eigenvalue weighted by Gasteiger charge is 2.22. The third-order valence-corrected chi connectivity index (χ3v) is 5.78. The Kier molecular flexibility index (Phi) is 3.23. The van der Waals surface area contributed by atoms with Crippen LogP contribution in [0.3, 0.4) is 0 Å². The number of hydrogen-bond donors (Lipinski definition) is 0. The summed E-state index contributed by atoms with van der Waals surface area (Å²) in [5.74, 6) is 2.59. The van der Waals surface area contributed by atoms with Crippen LogP contribution in [0.4, 0.5) is 0 Å². The molecule has 2 nitrogen and oxygen atoms in total. The Hall–Kier alpha value is -1.06. The summed E-state index contributed by atoms with van der Waals surface area (Å²) in [6.07, 6.45) is 5.88. The van der Waals surface area contributed by atoms with Crippen molar-refractivity contribution in [1.82, 2.24) is 0 Å². The van der Waals surface area contributed by atoms with Crippen LogP contribution in [0.25, 0.3) is 0 Å². The predicted octanol–water partition coefficient (Wildman–Crippen LogP) is 2.75. The minimum Gasteiger partial charge on any atom is -0.192 e. The van der Waals surface area contributed by atoms with Gasteiger partial charge in [0.25, 0.3) is 0 Å². The van der Waals surface area contributed by atoms with E-state index in [4.69, 9.17) is 10.5 Å². The van der Waals surface area contributed by atoms with Crippen LogP contribution < -0.4 is 0 Å². The molecule has 0 radical (unpaired) electrons. The van der Waals surface area contributed by atoms with Gasteiger partial charge in [0, 0.05) is 0 Å². The van der Waals surface area contributed by atoms with E-state index in [2.05, 4.69) is 0 Å². The molecule has 0 amide bonds. The molecule has 2 fully saturated rings. The van der Waals surface area contributed by atoms with Crippen molar-refractivity contribution in [3.8, 4) is 12.1 Å². The second kappa shape index (κ2) is 4.64. The first-order chi connectivity index (χ1) is 7.36. The van der Waals surface area contributed by atoms with E-state index >= 15 is 0 Å². The number of nitrogens with zero attached hydrogens (tertiary/aromatic N) is 2. The van der Waals surface area contributed by atoms with Gasteiger partial charge >= 0.3 is 0 Å². The van der Waals surface area contributed by atoms with Crippen molar-refractivity contribution < 1.29 is 0 Å². The van der Waals surface area contributed by atoms with E-state index in [0.717, 1.165) is 24.8 Å². The smallest absolute Gasteiger partial charge is 0.133 e. The van der Waals surface area contributed by atoms with Gasteiger partial charge in [-0.1, -0.05) is 0 Å². The van der Waals surface area contributed by atoms with Crippen LogP contribution in [0, 0.1) is 22.7 Å². The predicted molar refractivity (Wildman–Crippen MR) is 63.7 cm³/mol. The number of allylic oxidation sites excluding steroid dienone is 2. The van der Waals surface area contributed by atoms with Gasteiger partial charge in [-0.05, 0) is 54.0 Å². The first kappa shape index (κ1) is 10.5. The molecule has 0 spiro atoms. The van der Waals surface area contributed by atoms with E-state index in [0.29, 0.717) is 16.1 Å². The largest absolute Gasteiger partial charge is 0.192 e. The van der Waals surface area contributed by atoms with Gasteiger partial charge in [0.15, 0.2) is 0 Å². The summed E-state index contributed by atoms with van der Waals surface area (Å²) in [5, 5.41) is 17.8. The van der Waals surface area contributed by atoms with Gasteiger partial charge in [-0.2, -0.15) is 21.0 Å². The van der Waals surface area contributed by atoms with Gasteiger partial charge in [-0.3, -0.25) is 0 Å². The molecule has 78 valence electrons. The Bertz CT molecular complexity index is 394. The standard InChI is InChI=1S/C12H14N2S/c13-8-10(9-14)11-4-3-5-12(11)15-6-1-2-7-15/h1-7H2. The van der Waals surface area contributed by atoms with E-state index in [1.165, 1.54) is 29.2 Å². The maximum atomic E-state index is 8.91. The SMILES string of the molecule is N#CC(C#N)=C1CCCC1=S1CCCC1. The molecule has 0 bridgehead atoms. The van der Waals surface area contributed by atoms with Crippen LogP contribution in [0.1, 0.15) is 32.1 Å². The molecule has 1 saturated heterocycles. The summed E-state index contributed by atoms with van der Waals surface area (Å²) in [6.45, 7) is 0. The average molecular weight is 218 g/mol. The molecule has 0 aromatic carbocycles. The minimum atomic E-state index is 0.377. The molecule has 0 N–H and O–H groups in total. The summed E-state index contributed by atoms with van der Waals surface area (Å²) >= 11 is 0. The van der Waals surface area contributed by atoms with E-state index in [9.17, 15) is 0 Å². The molecule has 0 aromatic heterocycles. The molecule has 1 saturated carbocycles. The van der Waals surface area contributed by atoms with Crippen molar-refractivity contribution in [2.75, 3.05) is 11.5 Å². The number of rotatable bonds is 0. The Morgan fingerprint density at radius 1 is 1.00 bits per heavy atom. The minimum absolute atomic E-state index is 0.377. The maximum absolute atomic E-state index is 8.91. The van der Waals surface area contributed by atoms with Gasteiger partial charge in [0.05, 0.1) is 0 Å². The van der Waals surface area contributed by atoms with Crippen LogP contribution in [0.2, 0.25) is 0 Å². The summed E-state index contributed by atoms with van der Waals surface area (Å²) in [6, 6.07) is 4.10. The van der Waals surface area contributed by atoms with Crippen LogP contribution in [-0.4, -0.2) is 16.4 Å². The van der Waals surface area contributed by atoms with Crippen LogP contribution >= 0.6 is 10.5 Å². The normalized spacial score (nSPS) is 21.5. The Balaban J connectivity index is 2.43. The fourth-order valence-electron chi connectivity index (χ4n) is 2.36. The highest BCUT2D eigenvalue weighted by atomic mass is 32.2. The average Bonchev–Trinajstić information content (AvgIpc) is 2.88. The molecule has 15 heavy (non-hydrogen) atoms. The molecule has 0 atom stereocenters. The maximum Gasteiger partial charge on any atom is 0.133 e. The molecule has 3 heteroatoms. The zero-order valence-electron chi connectivity index (χ0n) is 8.75. The second-order valence-electron chi connectivity index (χ2n) is 3.96. The van der Waals surface area contributed by atoms with E-state index in [1.54, 1.807) is 0 Å². The Labute approximate surface area is 93.1 Å². The molecule has 0 aromatic rings. The lowest BCUT2D eigenvalue weighted by Gasteiger charge is -2.07. The summed E-state index contributed by atoms with van der Waals surface area (Å²) in [4.78, 5) is 1.46. The van der Waals surface area contributed by atoms with Crippen molar-refractivity contribution in [3.63, 3.8) is 0 Å². The van der Waals surface area contributed by atoms with Crippen molar-refractivity contribution in [1.29, 1.82) is 10.5 Å². The lowest BCUT2D eigenvalue weighted by Crippen LogP contribution is -1.99. The van der Waals surface area contributed by atoms with Crippen molar-refractivity contribution in [2.24, 2.45) is 0 Å². The highest BCUT2D eigenvalue weighted by molar-refractivity contribution is 8.16. The van der Waals surface area contributed by atoms with Gasteiger partial charge in [-0.25, -0.2) is 0 Å². The summed E-state index contributed by atoms with van der Waals surface area (Å²) < 4.78 is 0. The van der Waals surface area contributed by atoms with E-state index in [-0.39, 0.29) is 0 Å². The zero-order chi connectivity index (χ0) is 10.7. The summed E-state index contributed by atoms with van der Waals surface area (Å²) in [5.41, 5.74) is 1.48. The van der Waals surface area contributed by atoms with Gasteiger partial charge in [-0.15, -0.1) is 0 Å². The lowest BCUT2D eigenvalue weighted by atomic mass is 10.1. The Morgan fingerprint density at radius 2 is 1.67 bits per heavy atom. The molecule has 1 aliphatic heterocycles. The van der Waals surface area contributed by atoms with Crippen LogP contribution in [0.5, 0.6) is 0 Å². The van der Waals surface area contributed by atoms with Crippen LogP contribution in [0.15, 0.2) is 11.1 Å². The fourth-order valence-corrected chi connectivity index (χ4v) is 5.15. The molecule has 0 unspecified atom stereocenters.